The second-order valence-corrected chi connectivity index (χ2v) is 16.5. The number of rotatable bonds is 5. The molecule has 0 saturated heterocycles. The molecule has 0 fully saturated rings. The maximum atomic E-state index is 2.59. The molecule has 4 aromatic rings. The van der Waals surface area contributed by atoms with E-state index in [0.29, 0.717) is 5.92 Å². The van der Waals surface area contributed by atoms with Crippen LogP contribution < -0.4 is 4.90 Å². The molecule has 1 aliphatic carbocycles. The standard InChI is InChI=1S/C46H53N2/c1-10-27-48-39-24-22-34-16-12-14-18-37(34)43(39)46(7,8)41(48)26-20-32-28-31(29-35(30-32)44(2,3)4)19-25-40-45(5,6)42-36-17-13-11-15-33(36)21-23-38(42)47(40)9/h11-26,28,35H,10,27,29-30H2,1-9H3/q+1. The molecule has 0 amide bonds. The van der Waals surface area contributed by atoms with Gasteiger partial charge in [0.25, 0.3) is 0 Å². The second-order valence-electron chi connectivity index (χ2n) is 16.5. The van der Waals surface area contributed by atoms with Crippen molar-refractivity contribution in [2.75, 3.05) is 18.5 Å². The lowest BCUT2D eigenvalue weighted by Crippen LogP contribution is -2.27. The van der Waals surface area contributed by atoms with E-state index in [-0.39, 0.29) is 16.2 Å². The topological polar surface area (TPSA) is 6.25 Å². The van der Waals surface area contributed by atoms with Gasteiger partial charge < -0.3 is 4.90 Å². The van der Waals surface area contributed by atoms with Gasteiger partial charge in [0, 0.05) is 41.1 Å². The summed E-state index contributed by atoms with van der Waals surface area (Å²) in [5, 5.41) is 5.38. The monoisotopic (exact) mass is 633 g/mol. The smallest absolute Gasteiger partial charge is 0.210 e. The summed E-state index contributed by atoms with van der Waals surface area (Å²) in [6.45, 7) is 20.2. The first kappa shape index (κ1) is 32.4. The minimum atomic E-state index is -0.0842. The summed E-state index contributed by atoms with van der Waals surface area (Å²) in [4.78, 5) is 2.59. The average Bonchev–Trinajstić information content (AvgIpc) is 3.39. The van der Waals surface area contributed by atoms with Gasteiger partial charge >= 0.3 is 0 Å². The van der Waals surface area contributed by atoms with Gasteiger partial charge in [0.15, 0.2) is 5.71 Å². The van der Waals surface area contributed by atoms with E-state index in [1.807, 2.05) is 0 Å². The molecule has 1 atom stereocenters. The number of benzene rings is 4. The predicted octanol–water partition coefficient (Wildman–Crippen LogP) is 12.0. The van der Waals surface area contributed by atoms with Gasteiger partial charge in [0.2, 0.25) is 5.69 Å². The summed E-state index contributed by atoms with van der Waals surface area (Å²) >= 11 is 0. The maximum Gasteiger partial charge on any atom is 0.210 e. The third-order valence-electron chi connectivity index (χ3n) is 11.6. The van der Waals surface area contributed by atoms with Crippen molar-refractivity contribution in [2.45, 2.75) is 85.5 Å². The molecule has 0 radical (unpaired) electrons. The van der Waals surface area contributed by atoms with Crippen LogP contribution in [0.1, 0.15) is 85.8 Å². The summed E-state index contributed by atoms with van der Waals surface area (Å²) in [6.07, 6.45) is 15.5. The Bertz CT molecular complexity index is 2090. The third-order valence-corrected chi connectivity index (χ3v) is 11.6. The lowest BCUT2D eigenvalue weighted by molar-refractivity contribution is -0.401. The van der Waals surface area contributed by atoms with Crippen LogP contribution in [0.5, 0.6) is 0 Å². The first-order valence-corrected chi connectivity index (χ1v) is 18.1. The maximum absolute atomic E-state index is 2.59. The van der Waals surface area contributed by atoms with Crippen LogP contribution in [0.3, 0.4) is 0 Å². The molecule has 0 aromatic heterocycles. The SMILES string of the molecule is CCCN1/C(=C/C=C2C=C(/C=C/C3=[N+](C)c4ccc5ccccc5c4C3(C)C)CC(C(C)(C)C)C/2)C(C)(C)c2c1ccc1ccccc21. The van der Waals surface area contributed by atoms with Crippen molar-refractivity contribution in [3.05, 3.63) is 131 Å². The van der Waals surface area contributed by atoms with E-state index in [1.165, 1.54) is 66.6 Å². The molecule has 4 aromatic carbocycles. The van der Waals surface area contributed by atoms with E-state index >= 15 is 0 Å². The number of hydrogen-bond donors (Lipinski definition) is 0. The van der Waals surface area contributed by atoms with Crippen LogP contribution >= 0.6 is 0 Å². The zero-order valence-electron chi connectivity index (χ0n) is 30.6. The molecular weight excluding hydrogens is 581 g/mol. The fourth-order valence-electron chi connectivity index (χ4n) is 8.91. The highest BCUT2D eigenvalue weighted by molar-refractivity contribution is 6.07. The van der Waals surface area contributed by atoms with E-state index in [9.17, 15) is 0 Å². The van der Waals surface area contributed by atoms with Crippen molar-refractivity contribution in [3.63, 3.8) is 0 Å². The Labute approximate surface area is 288 Å². The summed E-state index contributed by atoms with van der Waals surface area (Å²) in [5.41, 5.74) is 11.3. The zero-order chi connectivity index (χ0) is 34.0. The first-order valence-electron chi connectivity index (χ1n) is 18.1. The number of hydrogen-bond acceptors (Lipinski definition) is 1. The summed E-state index contributed by atoms with van der Waals surface area (Å²) < 4.78 is 2.41. The van der Waals surface area contributed by atoms with E-state index in [1.54, 1.807) is 0 Å². The molecule has 0 spiro atoms. The Kier molecular flexibility index (Phi) is 7.93. The third kappa shape index (κ3) is 5.29. The number of allylic oxidation sites excluding steroid dienone is 8. The number of fused-ring (bicyclic) bond motifs is 6. The van der Waals surface area contributed by atoms with Crippen LogP contribution in [-0.2, 0) is 10.8 Å². The van der Waals surface area contributed by atoms with Crippen LogP contribution in [0.4, 0.5) is 11.4 Å². The van der Waals surface area contributed by atoms with Gasteiger partial charge in [-0.15, -0.1) is 0 Å². The molecule has 48 heavy (non-hydrogen) atoms. The lowest BCUT2D eigenvalue weighted by Gasteiger charge is -2.34. The van der Waals surface area contributed by atoms with Crippen molar-refractivity contribution in [1.29, 1.82) is 0 Å². The molecule has 7 rings (SSSR count). The number of anilines is 1. The molecule has 0 N–H and O–H groups in total. The van der Waals surface area contributed by atoms with Crippen molar-refractivity contribution in [1.82, 2.24) is 0 Å². The fourth-order valence-corrected chi connectivity index (χ4v) is 8.91. The summed E-state index contributed by atoms with van der Waals surface area (Å²) in [5.74, 6) is 0.580. The van der Waals surface area contributed by atoms with Gasteiger partial charge in [0.1, 0.15) is 7.05 Å². The minimum Gasteiger partial charge on any atom is -0.344 e. The van der Waals surface area contributed by atoms with Crippen LogP contribution in [0, 0.1) is 11.3 Å². The fraction of sp³-hybridized carbons (Fsp3) is 0.370. The van der Waals surface area contributed by atoms with Crippen LogP contribution in [-0.4, -0.2) is 23.9 Å². The van der Waals surface area contributed by atoms with E-state index in [0.717, 1.165) is 25.8 Å². The average molecular weight is 634 g/mol. The Morgan fingerprint density at radius 3 is 2.08 bits per heavy atom. The quantitative estimate of drug-likeness (QED) is 0.198. The highest BCUT2D eigenvalue weighted by Crippen LogP contribution is 2.51. The highest BCUT2D eigenvalue weighted by atomic mass is 15.2. The summed E-state index contributed by atoms with van der Waals surface area (Å²) in [6, 6.07) is 26.9. The van der Waals surface area contributed by atoms with Crippen LogP contribution in [0.15, 0.2) is 120 Å². The molecule has 3 aliphatic rings. The molecule has 2 nitrogen and oxygen atoms in total. The first-order chi connectivity index (χ1) is 22.8. The molecule has 2 heterocycles. The van der Waals surface area contributed by atoms with Crippen molar-refractivity contribution in [3.8, 4) is 0 Å². The van der Waals surface area contributed by atoms with Crippen LogP contribution in [0.25, 0.3) is 21.5 Å². The normalized spacial score (nSPS) is 22.0. The van der Waals surface area contributed by atoms with E-state index in [4.69, 9.17) is 0 Å². The lowest BCUT2D eigenvalue weighted by atomic mass is 9.70. The molecule has 0 saturated carbocycles. The highest BCUT2D eigenvalue weighted by Gasteiger charge is 2.44. The van der Waals surface area contributed by atoms with Crippen molar-refractivity contribution >= 4 is 38.6 Å². The Morgan fingerprint density at radius 1 is 0.771 bits per heavy atom. The second kappa shape index (κ2) is 11.8. The predicted molar refractivity (Wildman–Crippen MR) is 208 cm³/mol. The van der Waals surface area contributed by atoms with E-state index in [2.05, 4.69) is 175 Å². The largest absolute Gasteiger partial charge is 0.344 e. The Hall–Kier alpha value is -4.17. The van der Waals surface area contributed by atoms with Crippen molar-refractivity contribution in [2.24, 2.45) is 11.3 Å². The molecule has 2 heteroatoms. The molecule has 246 valence electrons. The van der Waals surface area contributed by atoms with Gasteiger partial charge in [0.05, 0.1) is 5.41 Å². The summed E-state index contributed by atoms with van der Waals surface area (Å²) in [7, 11) is 2.24. The molecular formula is C46H53N2+. The van der Waals surface area contributed by atoms with Gasteiger partial charge in [-0.3, -0.25) is 0 Å². The van der Waals surface area contributed by atoms with E-state index < -0.39 is 0 Å². The minimum absolute atomic E-state index is 0.0819. The van der Waals surface area contributed by atoms with Crippen molar-refractivity contribution < 1.29 is 4.58 Å². The molecule has 1 unspecified atom stereocenters. The van der Waals surface area contributed by atoms with Crippen LogP contribution in [0.2, 0.25) is 0 Å². The molecule has 0 bridgehead atoms. The Morgan fingerprint density at radius 2 is 1.42 bits per heavy atom. The van der Waals surface area contributed by atoms with Gasteiger partial charge in [-0.1, -0.05) is 114 Å². The zero-order valence-corrected chi connectivity index (χ0v) is 30.6. The number of nitrogens with zero attached hydrogens (tertiary/aromatic N) is 2. The van der Waals surface area contributed by atoms with Gasteiger partial charge in [-0.25, -0.2) is 0 Å². The molecule has 2 aliphatic heterocycles. The van der Waals surface area contributed by atoms with Gasteiger partial charge in [-0.05, 0) is 101 Å². The van der Waals surface area contributed by atoms with Gasteiger partial charge in [-0.2, -0.15) is 4.58 Å². The Balaban J connectivity index is 1.27.